The molecule has 0 bridgehead atoms. The Morgan fingerprint density at radius 3 is 2.65 bits per heavy atom. The third-order valence-electron chi connectivity index (χ3n) is 6.02. The molecule has 12 heteroatoms. The van der Waals surface area contributed by atoms with Crippen LogP contribution in [-0.2, 0) is 11.0 Å². The molecule has 0 aliphatic carbocycles. The second-order valence-electron chi connectivity index (χ2n) is 8.58. The van der Waals surface area contributed by atoms with Gasteiger partial charge in [-0.1, -0.05) is 0 Å². The molecule has 34 heavy (non-hydrogen) atoms. The largest absolute Gasteiger partial charge is 0.481 e. The zero-order valence-corrected chi connectivity index (χ0v) is 19.9. The maximum absolute atomic E-state index is 13.4. The number of anilines is 1. The summed E-state index contributed by atoms with van der Waals surface area (Å²) in [4.78, 5) is 50.9. The van der Waals surface area contributed by atoms with Gasteiger partial charge in [-0.3, -0.25) is 14.2 Å². The molecule has 1 aliphatic heterocycles. The third kappa shape index (κ3) is 5.38. The first-order valence-electron chi connectivity index (χ1n) is 11.0. The quantitative estimate of drug-likeness (QED) is 0.473. The van der Waals surface area contributed by atoms with Crippen molar-refractivity contribution in [2.75, 3.05) is 31.3 Å². The molecule has 4 heterocycles. The fourth-order valence-electron chi connectivity index (χ4n) is 4.23. The highest BCUT2D eigenvalue weighted by Gasteiger charge is 2.26. The number of aryl methyl sites for hydroxylation is 1. The minimum absolute atomic E-state index is 0.101. The van der Waals surface area contributed by atoms with Crippen molar-refractivity contribution in [2.24, 2.45) is 5.92 Å². The maximum Gasteiger partial charge on any atom is 0.325 e. The summed E-state index contributed by atoms with van der Waals surface area (Å²) in [6.45, 7) is 2.96. The number of hydrogen-bond donors (Lipinski definition) is 2. The predicted molar refractivity (Wildman–Crippen MR) is 125 cm³/mol. The Balaban J connectivity index is 1.63. The van der Waals surface area contributed by atoms with E-state index in [9.17, 15) is 14.2 Å². The topological polar surface area (TPSA) is 148 Å². The maximum atomic E-state index is 13.4. The first kappa shape index (κ1) is 24.1. The Bertz CT molecular complexity index is 1300. The number of fused-ring (bicyclic) bond motifs is 1. The van der Waals surface area contributed by atoms with Gasteiger partial charge in [0, 0.05) is 24.5 Å². The molecule has 0 aromatic carbocycles. The van der Waals surface area contributed by atoms with Crippen LogP contribution in [0.15, 0.2) is 33.8 Å². The number of carbonyl (C=O) groups is 1. The molecule has 0 atom stereocenters. The van der Waals surface area contributed by atoms with E-state index in [2.05, 4.69) is 10.1 Å². The lowest BCUT2D eigenvalue weighted by Crippen LogP contribution is -2.36. The molecule has 3 aromatic heterocycles. The molecular formula is C22H27N4O7P. The van der Waals surface area contributed by atoms with Gasteiger partial charge < -0.3 is 23.8 Å². The van der Waals surface area contributed by atoms with Crippen LogP contribution in [0, 0.1) is 12.8 Å². The smallest absolute Gasteiger partial charge is 0.325 e. The van der Waals surface area contributed by atoms with E-state index in [0.29, 0.717) is 55.2 Å². The zero-order chi connectivity index (χ0) is 24.5. The van der Waals surface area contributed by atoms with E-state index < -0.39 is 19.1 Å². The lowest BCUT2D eigenvalue weighted by Gasteiger charge is -2.33. The lowest BCUT2D eigenvalue weighted by molar-refractivity contribution is 0.0886. The van der Waals surface area contributed by atoms with Gasteiger partial charge in [0.15, 0.2) is 0 Å². The zero-order valence-electron chi connectivity index (χ0n) is 19.0. The molecule has 0 radical (unpaired) electrons. The van der Waals surface area contributed by atoms with E-state index in [0.717, 1.165) is 10.2 Å². The van der Waals surface area contributed by atoms with E-state index in [-0.39, 0.29) is 23.9 Å². The highest BCUT2D eigenvalue weighted by atomic mass is 31.2. The van der Waals surface area contributed by atoms with Crippen molar-refractivity contribution in [3.8, 4) is 5.88 Å². The van der Waals surface area contributed by atoms with Gasteiger partial charge in [-0.25, -0.2) is 0 Å². The molecular weight excluding hydrogens is 463 g/mol. The number of pyridine rings is 1. The monoisotopic (exact) mass is 490 g/mol. The van der Waals surface area contributed by atoms with Crippen molar-refractivity contribution in [1.29, 1.82) is 0 Å². The van der Waals surface area contributed by atoms with Crippen molar-refractivity contribution in [2.45, 2.75) is 32.6 Å². The van der Waals surface area contributed by atoms with Crippen LogP contribution in [0.1, 0.15) is 35.4 Å². The Kier molecular flexibility index (Phi) is 6.88. The normalized spacial score (nSPS) is 15.1. The van der Waals surface area contributed by atoms with E-state index >= 15 is 0 Å². The van der Waals surface area contributed by atoms with E-state index in [1.54, 1.807) is 12.1 Å². The van der Waals surface area contributed by atoms with Crippen molar-refractivity contribution < 1.29 is 28.3 Å². The minimum atomic E-state index is -4.03. The lowest BCUT2D eigenvalue weighted by atomic mass is 9.94. The van der Waals surface area contributed by atoms with Gasteiger partial charge in [0.1, 0.15) is 11.6 Å². The number of aromatic nitrogens is 3. The van der Waals surface area contributed by atoms with Crippen LogP contribution in [0.25, 0.3) is 10.8 Å². The summed E-state index contributed by atoms with van der Waals surface area (Å²) in [5.74, 6) is 0.839. The van der Waals surface area contributed by atoms with Crippen molar-refractivity contribution in [3.63, 3.8) is 0 Å². The van der Waals surface area contributed by atoms with Crippen LogP contribution >= 0.6 is 7.60 Å². The summed E-state index contributed by atoms with van der Waals surface area (Å²) in [5, 5.41) is 4.85. The second-order valence-corrected chi connectivity index (χ2v) is 10.4. The second kappa shape index (κ2) is 9.69. The predicted octanol–water partition coefficient (Wildman–Crippen LogP) is 2.37. The molecule has 1 fully saturated rings. The molecule has 0 spiro atoms. The van der Waals surface area contributed by atoms with Crippen molar-refractivity contribution in [1.82, 2.24) is 14.8 Å². The number of carbonyl (C=O) groups excluding carboxylic acids is 1. The third-order valence-corrected chi connectivity index (χ3v) is 6.87. The van der Waals surface area contributed by atoms with Crippen molar-refractivity contribution in [3.05, 3.63) is 46.3 Å². The molecule has 0 amide bonds. The summed E-state index contributed by atoms with van der Waals surface area (Å²) in [6.07, 6.45) is 4.61. The standard InChI is InChI=1S/C22H27N4O7P/c1-14-9-17(33-13-14)11-19(27)26-22(28)20-16(12-23-26)10-18(32-2)24-21(20)25-6-3-15(4-7-25)5-8-34(29,30)31/h9-10,12-13,15H,3-8,11H2,1-2H3,(H2,29,30,31). The molecule has 2 N–H and O–H groups in total. The summed E-state index contributed by atoms with van der Waals surface area (Å²) >= 11 is 0. The van der Waals surface area contributed by atoms with Crippen LogP contribution in [0.4, 0.5) is 5.82 Å². The molecule has 1 aliphatic rings. The number of furan rings is 1. The van der Waals surface area contributed by atoms with E-state index in [1.165, 1.54) is 19.6 Å². The van der Waals surface area contributed by atoms with Gasteiger partial charge in [0.2, 0.25) is 5.88 Å². The fourth-order valence-corrected chi connectivity index (χ4v) is 4.93. The molecule has 11 nitrogen and oxygen atoms in total. The van der Waals surface area contributed by atoms with Crippen LogP contribution in [-0.4, -0.2) is 56.8 Å². The summed E-state index contributed by atoms with van der Waals surface area (Å²) < 4.78 is 22.7. The molecule has 182 valence electrons. The Morgan fingerprint density at radius 1 is 1.29 bits per heavy atom. The fraction of sp³-hybridized carbons (Fsp3) is 0.455. The number of piperidine rings is 1. The Labute approximate surface area is 195 Å². The number of methoxy groups -OCH3 is 1. The summed E-state index contributed by atoms with van der Waals surface area (Å²) in [7, 11) is -2.54. The Morgan fingerprint density at radius 2 is 2.03 bits per heavy atom. The molecule has 0 unspecified atom stereocenters. The van der Waals surface area contributed by atoms with E-state index in [1.807, 2.05) is 11.8 Å². The van der Waals surface area contributed by atoms with Crippen molar-refractivity contribution >= 4 is 30.1 Å². The molecule has 3 aromatic rings. The number of hydrogen-bond acceptors (Lipinski definition) is 8. The highest BCUT2D eigenvalue weighted by Crippen LogP contribution is 2.38. The number of ether oxygens (including phenoxy) is 1. The first-order valence-corrected chi connectivity index (χ1v) is 12.8. The first-order chi connectivity index (χ1) is 16.1. The average Bonchev–Trinajstić information content (AvgIpc) is 3.21. The van der Waals surface area contributed by atoms with Crippen LogP contribution in [0.5, 0.6) is 5.88 Å². The van der Waals surface area contributed by atoms with Crippen LogP contribution in [0.2, 0.25) is 0 Å². The summed E-state index contributed by atoms with van der Waals surface area (Å²) in [6, 6.07) is 3.34. The van der Waals surface area contributed by atoms with Gasteiger partial charge in [-0.2, -0.15) is 14.8 Å². The summed E-state index contributed by atoms with van der Waals surface area (Å²) in [5.41, 5.74) is 0.309. The molecule has 4 rings (SSSR count). The van der Waals surface area contributed by atoms with Gasteiger partial charge in [0.05, 0.1) is 37.5 Å². The average molecular weight is 490 g/mol. The highest BCUT2D eigenvalue weighted by molar-refractivity contribution is 7.51. The number of nitrogens with zero attached hydrogens (tertiary/aromatic N) is 4. The SMILES string of the molecule is COc1cc2cnn(C(=O)Cc3cc(C)co3)c(=O)c2c(N2CCC(CCP(=O)(O)O)CC2)n1. The van der Waals surface area contributed by atoms with E-state index in [4.69, 9.17) is 18.9 Å². The van der Waals surface area contributed by atoms with Gasteiger partial charge in [-0.05, 0) is 43.7 Å². The van der Waals surface area contributed by atoms with Gasteiger partial charge in [0.25, 0.3) is 11.5 Å². The number of rotatable bonds is 7. The Hall–Kier alpha value is -3.01. The van der Waals surface area contributed by atoms with Crippen LogP contribution in [0.3, 0.4) is 0 Å². The van der Waals surface area contributed by atoms with Gasteiger partial charge in [-0.15, -0.1) is 0 Å². The molecule has 1 saturated heterocycles. The molecule has 0 saturated carbocycles. The van der Waals surface area contributed by atoms with Crippen LogP contribution < -0.4 is 15.2 Å². The van der Waals surface area contributed by atoms with Gasteiger partial charge >= 0.3 is 7.60 Å². The minimum Gasteiger partial charge on any atom is -0.481 e.